The van der Waals surface area contributed by atoms with E-state index in [9.17, 15) is 17.6 Å². The quantitative estimate of drug-likeness (QED) is 0.269. The lowest BCUT2D eigenvalue weighted by molar-refractivity contribution is -0.137. The van der Waals surface area contributed by atoms with Crippen molar-refractivity contribution in [2.75, 3.05) is 25.4 Å². The standard InChI is InChI=1S/C23H24F4N6S/c1-32-20(19-5-7-28-14-29-19)30-31-21(32)34-10-2-8-33-9-6-22(13-33)12-17(22)16-4-3-15(11-18(16)24)23(25,26)27/h3-5,7,11,14,17H,2,6,8-10,12-13H2,1H3/t17-,22+/m1/s1. The number of hydrogen-bond acceptors (Lipinski definition) is 6. The summed E-state index contributed by atoms with van der Waals surface area (Å²) in [6, 6.07) is 4.75. The summed E-state index contributed by atoms with van der Waals surface area (Å²) in [6.07, 6.45) is 1.39. The highest BCUT2D eigenvalue weighted by Crippen LogP contribution is 2.64. The maximum Gasteiger partial charge on any atom is 0.416 e. The number of nitrogens with zero attached hydrogens (tertiary/aromatic N) is 6. The third-order valence-corrected chi connectivity index (χ3v) is 7.96. The normalized spacial score (nSPS) is 22.6. The van der Waals surface area contributed by atoms with Crippen LogP contribution in [-0.4, -0.2) is 55.0 Å². The summed E-state index contributed by atoms with van der Waals surface area (Å²) in [7, 11) is 1.91. The predicted molar refractivity (Wildman–Crippen MR) is 120 cm³/mol. The molecular weight excluding hydrogens is 468 g/mol. The molecule has 5 rings (SSSR count). The van der Waals surface area contributed by atoms with Gasteiger partial charge in [0, 0.05) is 25.5 Å². The number of halogens is 4. The summed E-state index contributed by atoms with van der Waals surface area (Å²) in [5, 5.41) is 9.32. The van der Waals surface area contributed by atoms with Gasteiger partial charge in [-0.2, -0.15) is 13.2 Å². The molecule has 1 aromatic carbocycles. The Labute approximate surface area is 198 Å². The third kappa shape index (κ3) is 4.55. The molecule has 2 atom stereocenters. The van der Waals surface area contributed by atoms with Crippen LogP contribution in [0.2, 0.25) is 0 Å². The molecule has 180 valence electrons. The van der Waals surface area contributed by atoms with E-state index in [-0.39, 0.29) is 11.3 Å². The molecule has 1 spiro atoms. The molecule has 0 radical (unpaired) electrons. The van der Waals surface area contributed by atoms with Gasteiger partial charge in [0.2, 0.25) is 0 Å². The number of likely N-dealkylation sites (tertiary alicyclic amines) is 1. The fraction of sp³-hybridized carbons (Fsp3) is 0.478. The molecule has 3 heterocycles. The highest BCUT2D eigenvalue weighted by molar-refractivity contribution is 7.99. The molecule has 0 unspecified atom stereocenters. The lowest BCUT2D eigenvalue weighted by atomic mass is 9.97. The van der Waals surface area contributed by atoms with Gasteiger partial charge in [-0.25, -0.2) is 14.4 Å². The largest absolute Gasteiger partial charge is 0.416 e. The summed E-state index contributed by atoms with van der Waals surface area (Å²) in [4.78, 5) is 10.5. The Morgan fingerprint density at radius 2 is 2.06 bits per heavy atom. The number of aromatic nitrogens is 5. The summed E-state index contributed by atoms with van der Waals surface area (Å²) >= 11 is 1.64. The van der Waals surface area contributed by atoms with Gasteiger partial charge < -0.3 is 9.47 Å². The van der Waals surface area contributed by atoms with E-state index < -0.39 is 17.6 Å². The summed E-state index contributed by atoms with van der Waals surface area (Å²) in [5.41, 5.74) is 0.222. The van der Waals surface area contributed by atoms with Crippen molar-refractivity contribution in [2.45, 2.75) is 36.5 Å². The number of rotatable bonds is 7. The van der Waals surface area contributed by atoms with E-state index in [0.29, 0.717) is 17.5 Å². The zero-order valence-corrected chi connectivity index (χ0v) is 19.4. The second kappa shape index (κ2) is 8.92. The van der Waals surface area contributed by atoms with Crippen molar-refractivity contribution in [1.29, 1.82) is 0 Å². The lowest BCUT2D eigenvalue weighted by Gasteiger charge is -2.16. The van der Waals surface area contributed by atoms with Crippen LogP contribution < -0.4 is 0 Å². The number of alkyl halides is 3. The molecule has 1 aliphatic heterocycles. The van der Waals surface area contributed by atoms with Crippen molar-refractivity contribution in [3.63, 3.8) is 0 Å². The maximum absolute atomic E-state index is 14.4. The average Bonchev–Trinajstić information content (AvgIpc) is 3.14. The molecule has 0 bridgehead atoms. The van der Waals surface area contributed by atoms with Gasteiger partial charge in [0.05, 0.1) is 5.56 Å². The van der Waals surface area contributed by atoms with Crippen LogP contribution in [0.3, 0.4) is 0 Å². The molecular formula is C23H24F4N6S. The van der Waals surface area contributed by atoms with E-state index >= 15 is 0 Å². The Morgan fingerprint density at radius 3 is 2.79 bits per heavy atom. The zero-order chi connectivity index (χ0) is 23.9. The van der Waals surface area contributed by atoms with Gasteiger partial charge in [0.15, 0.2) is 11.0 Å². The van der Waals surface area contributed by atoms with Crippen LogP contribution >= 0.6 is 11.8 Å². The monoisotopic (exact) mass is 492 g/mol. The Bertz CT molecular complexity index is 1170. The van der Waals surface area contributed by atoms with Crippen LogP contribution in [0, 0.1) is 11.2 Å². The number of benzene rings is 1. The van der Waals surface area contributed by atoms with Crippen molar-refractivity contribution in [2.24, 2.45) is 12.5 Å². The van der Waals surface area contributed by atoms with Crippen LogP contribution in [0.5, 0.6) is 0 Å². The molecule has 0 N–H and O–H groups in total. The summed E-state index contributed by atoms with van der Waals surface area (Å²) in [5.74, 6) is 0.849. The third-order valence-electron chi connectivity index (χ3n) is 6.85. The first-order chi connectivity index (χ1) is 16.3. The Kier molecular flexibility index (Phi) is 6.09. The summed E-state index contributed by atoms with van der Waals surface area (Å²) < 4.78 is 54.8. The van der Waals surface area contributed by atoms with Crippen LogP contribution in [0.1, 0.15) is 36.3 Å². The van der Waals surface area contributed by atoms with Crippen LogP contribution in [0.15, 0.2) is 41.9 Å². The van der Waals surface area contributed by atoms with Gasteiger partial charge in [-0.15, -0.1) is 10.2 Å². The van der Waals surface area contributed by atoms with Gasteiger partial charge >= 0.3 is 6.18 Å². The minimum atomic E-state index is -4.52. The van der Waals surface area contributed by atoms with Gasteiger partial charge in [-0.1, -0.05) is 17.8 Å². The number of thioether (sulfide) groups is 1. The zero-order valence-electron chi connectivity index (χ0n) is 18.6. The van der Waals surface area contributed by atoms with E-state index in [0.717, 1.165) is 61.6 Å². The fourth-order valence-electron chi connectivity index (χ4n) is 4.94. The fourth-order valence-corrected chi connectivity index (χ4v) is 5.77. The van der Waals surface area contributed by atoms with Crippen LogP contribution in [-0.2, 0) is 13.2 Å². The molecule has 11 heteroatoms. The van der Waals surface area contributed by atoms with Crippen molar-refractivity contribution in [3.05, 3.63) is 53.7 Å². The van der Waals surface area contributed by atoms with Crippen molar-refractivity contribution in [1.82, 2.24) is 29.6 Å². The lowest BCUT2D eigenvalue weighted by Crippen LogP contribution is -2.23. The molecule has 2 aliphatic rings. The Morgan fingerprint density at radius 1 is 1.21 bits per heavy atom. The van der Waals surface area contributed by atoms with Gasteiger partial charge in [-0.05, 0) is 67.4 Å². The van der Waals surface area contributed by atoms with E-state index in [1.54, 1.807) is 24.0 Å². The molecule has 1 aliphatic carbocycles. The number of hydrogen-bond donors (Lipinski definition) is 0. The van der Waals surface area contributed by atoms with Crippen molar-refractivity contribution in [3.8, 4) is 11.5 Å². The van der Waals surface area contributed by atoms with Crippen molar-refractivity contribution < 1.29 is 17.6 Å². The molecule has 6 nitrogen and oxygen atoms in total. The Balaban J connectivity index is 1.11. The molecule has 2 aromatic heterocycles. The topological polar surface area (TPSA) is 59.7 Å². The van der Waals surface area contributed by atoms with Crippen LogP contribution in [0.4, 0.5) is 17.6 Å². The molecule has 3 aromatic rings. The first-order valence-electron chi connectivity index (χ1n) is 11.1. The maximum atomic E-state index is 14.4. The predicted octanol–water partition coefficient (Wildman–Crippen LogP) is 4.79. The minimum Gasteiger partial charge on any atom is -0.304 e. The molecule has 1 saturated heterocycles. The van der Waals surface area contributed by atoms with E-state index in [1.165, 1.54) is 12.4 Å². The van der Waals surface area contributed by atoms with E-state index in [4.69, 9.17) is 0 Å². The highest BCUT2D eigenvalue weighted by Gasteiger charge is 2.58. The molecule has 1 saturated carbocycles. The minimum absolute atomic E-state index is 0.00374. The second-order valence-electron chi connectivity index (χ2n) is 9.04. The summed E-state index contributed by atoms with van der Waals surface area (Å²) in [6.45, 7) is 2.73. The average molecular weight is 493 g/mol. The van der Waals surface area contributed by atoms with Gasteiger partial charge in [0.25, 0.3) is 0 Å². The molecule has 34 heavy (non-hydrogen) atoms. The first kappa shape index (κ1) is 23.2. The van der Waals surface area contributed by atoms with Crippen molar-refractivity contribution >= 4 is 11.8 Å². The van der Waals surface area contributed by atoms with Crippen LogP contribution in [0.25, 0.3) is 11.5 Å². The van der Waals surface area contributed by atoms with E-state index in [2.05, 4.69) is 25.1 Å². The molecule has 2 fully saturated rings. The SMILES string of the molecule is Cn1c(SCCCN2CC[C@]3(C[C@@H]3c3ccc(C(F)(F)F)cc3F)C2)nnc1-c1ccncn1. The first-order valence-corrected chi connectivity index (χ1v) is 12.1. The van der Waals surface area contributed by atoms with Gasteiger partial charge in [0.1, 0.15) is 17.8 Å². The van der Waals surface area contributed by atoms with Gasteiger partial charge in [-0.3, -0.25) is 0 Å². The Hall–Kier alpha value is -2.53. The second-order valence-corrected chi connectivity index (χ2v) is 10.1. The molecule has 0 amide bonds. The van der Waals surface area contributed by atoms with E-state index in [1.807, 2.05) is 11.6 Å². The highest BCUT2D eigenvalue weighted by atomic mass is 32.2. The smallest absolute Gasteiger partial charge is 0.304 e.